The molecule has 0 unspecified atom stereocenters. The molecule has 192 valence electrons. The highest BCUT2D eigenvalue weighted by Gasteiger charge is 2.33. The Bertz CT molecular complexity index is 545. The molecule has 0 spiro atoms. The summed E-state index contributed by atoms with van der Waals surface area (Å²) in [6.45, 7) is 13.7. The zero-order chi connectivity index (χ0) is 25.4. The zero-order valence-corrected chi connectivity index (χ0v) is 21.7. The quantitative estimate of drug-likeness (QED) is 0.272. The molecule has 33 heavy (non-hydrogen) atoms. The maximum atomic E-state index is 12.3. The molecule has 0 aliphatic carbocycles. The number of Topliss-reactive ketones (excluding diaryl/α,β-unsaturated/α-hetero) is 3. The summed E-state index contributed by atoms with van der Waals surface area (Å²) in [4.78, 5) is 47.9. The van der Waals surface area contributed by atoms with Crippen LogP contribution in [-0.2, 0) is 33.4 Å². The summed E-state index contributed by atoms with van der Waals surface area (Å²) in [6, 6.07) is 0. The van der Waals surface area contributed by atoms with E-state index in [0.29, 0.717) is 0 Å². The first kappa shape index (κ1) is 31.4. The van der Waals surface area contributed by atoms with Crippen LogP contribution in [0.25, 0.3) is 0 Å². The second kappa shape index (κ2) is 16.9. The molecule has 0 atom stereocenters. The van der Waals surface area contributed by atoms with E-state index in [2.05, 4.69) is 5.32 Å². The first-order valence-corrected chi connectivity index (χ1v) is 12.1. The molecule has 0 saturated heterocycles. The van der Waals surface area contributed by atoms with Crippen LogP contribution in [0.4, 0.5) is 0 Å². The monoisotopic (exact) mass is 471 g/mol. The van der Waals surface area contributed by atoms with Crippen molar-refractivity contribution in [2.24, 2.45) is 17.8 Å². The van der Waals surface area contributed by atoms with Crippen LogP contribution in [0.1, 0.15) is 74.1 Å². The number of rotatable bonds is 20. The van der Waals surface area contributed by atoms with Crippen LogP contribution in [0.3, 0.4) is 0 Å². The van der Waals surface area contributed by atoms with E-state index in [-0.39, 0.29) is 106 Å². The molecule has 0 aromatic carbocycles. The summed E-state index contributed by atoms with van der Waals surface area (Å²) >= 11 is 0. The van der Waals surface area contributed by atoms with Gasteiger partial charge < -0.3 is 19.5 Å². The van der Waals surface area contributed by atoms with Crippen molar-refractivity contribution in [2.45, 2.75) is 79.7 Å². The van der Waals surface area contributed by atoms with Crippen molar-refractivity contribution >= 4 is 23.3 Å². The maximum Gasteiger partial charge on any atom is 0.220 e. The Morgan fingerprint density at radius 2 is 0.939 bits per heavy atom. The van der Waals surface area contributed by atoms with Crippen molar-refractivity contribution in [3.63, 3.8) is 0 Å². The fraction of sp³-hybridized carbons (Fsp3) is 0.840. The van der Waals surface area contributed by atoms with Gasteiger partial charge in [-0.2, -0.15) is 0 Å². The van der Waals surface area contributed by atoms with Gasteiger partial charge in [0.25, 0.3) is 0 Å². The largest absolute Gasteiger partial charge is 0.378 e. The predicted octanol–water partition coefficient (Wildman–Crippen LogP) is 3.15. The van der Waals surface area contributed by atoms with Crippen molar-refractivity contribution in [3.8, 4) is 0 Å². The lowest BCUT2D eigenvalue weighted by molar-refractivity contribution is -0.130. The van der Waals surface area contributed by atoms with Crippen molar-refractivity contribution < 1.29 is 33.4 Å². The van der Waals surface area contributed by atoms with E-state index in [1.54, 1.807) is 6.92 Å². The Labute approximate surface area is 199 Å². The van der Waals surface area contributed by atoms with Crippen molar-refractivity contribution in [1.29, 1.82) is 0 Å². The number of amides is 1. The van der Waals surface area contributed by atoms with Gasteiger partial charge in [0.05, 0.1) is 39.6 Å². The van der Waals surface area contributed by atoms with Gasteiger partial charge >= 0.3 is 0 Å². The van der Waals surface area contributed by atoms with Crippen molar-refractivity contribution in [2.75, 3.05) is 39.6 Å². The lowest BCUT2D eigenvalue weighted by Gasteiger charge is -2.34. The minimum absolute atomic E-state index is 0.0678. The lowest BCUT2D eigenvalue weighted by atomic mass is 10.0. The van der Waals surface area contributed by atoms with Gasteiger partial charge in [-0.25, -0.2) is 0 Å². The SMILES string of the molecule is CCC(=O)NC(COCCC(=O)C(C)C)(COCCC(=O)C(C)C)COCCC(=O)C(C)C. The highest BCUT2D eigenvalue weighted by atomic mass is 16.5. The summed E-state index contributed by atoms with van der Waals surface area (Å²) < 4.78 is 17.3. The third-order valence-electron chi connectivity index (χ3n) is 5.27. The Hall–Kier alpha value is -1.64. The highest BCUT2D eigenvalue weighted by Crippen LogP contribution is 2.12. The Morgan fingerprint density at radius 1 is 0.636 bits per heavy atom. The lowest BCUT2D eigenvalue weighted by Crippen LogP contribution is -2.58. The van der Waals surface area contributed by atoms with Crippen LogP contribution in [0.15, 0.2) is 0 Å². The van der Waals surface area contributed by atoms with E-state index in [1.165, 1.54) is 0 Å². The highest BCUT2D eigenvalue weighted by molar-refractivity contribution is 5.81. The zero-order valence-electron chi connectivity index (χ0n) is 21.7. The molecule has 0 fully saturated rings. The molecule has 8 heteroatoms. The second-order valence-electron chi connectivity index (χ2n) is 9.45. The maximum absolute atomic E-state index is 12.3. The molecule has 0 aromatic rings. The molecule has 0 aliphatic heterocycles. The standard InChI is InChI=1S/C25H45NO7/c1-8-24(30)26-25(15-31-12-9-21(27)18(2)3,16-32-13-10-22(28)19(4)5)17-33-14-11-23(29)20(6)7/h18-20H,8-17H2,1-7H3,(H,26,30). The second-order valence-corrected chi connectivity index (χ2v) is 9.45. The third-order valence-corrected chi connectivity index (χ3v) is 5.27. The van der Waals surface area contributed by atoms with Gasteiger partial charge in [-0.3, -0.25) is 19.2 Å². The van der Waals surface area contributed by atoms with Gasteiger partial charge in [-0.1, -0.05) is 48.5 Å². The van der Waals surface area contributed by atoms with Crippen LogP contribution in [0.5, 0.6) is 0 Å². The number of hydrogen-bond donors (Lipinski definition) is 1. The van der Waals surface area contributed by atoms with Crippen molar-refractivity contribution in [3.05, 3.63) is 0 Å². The number of nitrogens with one attached hydrogen (secondary N) is 1. The Morgan fingerprint density at radius 3 is 1.18 bits per heavy atom. The Balaban J connectivity index is 5.17. The number of ketones is 3. The van der Waals surface area contributed by atoms with E-state index in [9.17, 15) is 19.2 Å². The number of carbonyl (C=O) groups is 4. The molecule has 0 bridgehead atoms. The fourth-order valence-electron chi connectivity index (χ4n) is 2.80. The van der Waals surface area contributed by atoms with Crippen molar-refractivity contribution in [1.82, 2.24) is 5.32 Å². The molecule has 0 aliphatic rings. The Kier molecular flexibility index (Phi) is 16.1. The molecule has 1 amide bonds. The fourth-order valence-corrected chi connectivity index (χ4v) is 2.80. The van der Waals surface area contributed by atoms with Gasteiger partial charge in [0.2, 0.25) is 5.91 Å². The summed E-state index contributed by atoms with van der Waals surface area (Å²) in [6.07, 6.45) is 1.11. The van der Waals surface area contributed by atoms with Gasteiger partial charge in [0.1, 0.15) is 22.9 Å². The normalized spacial score (nSPS) is 11.9. The molecule has 0 rings (SSSR count). The first-order chi connectivity index (χ1) is 15.4. The van der Waals surface area contributed by atoms with Crippen LogP contribution in [-0.4, -0.2) is 68.4 Å². The minimum atomic E-state index is -0.990. The smallest absolute Gasteiger partial charge is 0.220 e. The predicted molar refractivity (Wildman–Crippen MR) is 127 cm³/mol. The molecular formula is C25H45NO7. The first-order valence-electron chi connectivity index (χ1n) is 12.1. The number of carbonyl (C=O) groups excluding carboxylic acids is 4. The van der Waals surface area contributed by atoms with E-state index < -0.39 is 5.54 Å². The van der Waals surface area contributed by atoms with E-state index in [4.69, 9.17) is 14.2 Å². The topological polar surface area (TPSA) is 108 Å². The molecule has 1 N–H and O–H groups in total. The van der Waals surface area contributed by atoms with Gasteiger partial charge in [-0.05, 0) is 0 Å². The average molecular weight is 472 g/mol. The van der Waals surface area contributed by atoms with Crippen LogP contribution in [0.2, 0.25) is 0 Å². The van der Waals surface area contributed by atoms with Gasteiger partial charge in [-0.15, -0.1) is 0 Å². The summed E-state index contributed by atoms with van der Waals surface area (Å²) in [5.74, 6) is -0.0914. The van der Waals surface area contributed by atoms with E-state index in [1.807, 2.05) is 41.5 Å². The van der Waals surface area contributed by atoms with Crippen LogP contribution >= 0.6 is 0 Å². The number of ether oxygens (including phenoxy) is 3. The molecular weight excluding hydrogens is 426 g/mol. The minimum Gasteiger partial charge on any atom is -0.378 e. The van der Waals surface area contributed by atoms with Gasteiger partial charge in [0.15, 0.2) is 0 Å². The van der Waals surface area contributed by atoms with Crippen LogP contribution in [0, 0.1) is 17.8 Å². The molecule has 8 nitrogen and oxygen atoms in total. The van der Waals surface area contributed by atoms with E-state index >= 15 is 0 Å². The molecule has 0 radical (unpaired) electrons. The van der Waals surface area contributed by atoms with Gasteiger partial charge in [0, 0.05) is 43.4 Å². The molecule has 0 heterocycles. The number of hydrogen-bond acceptors (Lipinski definition) is 7. The average Bonchev–Trinajstić information content (AvgIpc) is 2.76. The van der Waals surface area contributed by atoms with Crippen LogP contribution < -0.4 is 5.32 Å². The summed E-state index contributed by atoms with van der Waals surface area (Å²) in [5.41, 5.74) is -0.990. The molecule has 0 saturated carbocycles. The summed E-state index contributed by atoms with van der Waals surface area (Å²) in [7, 11) is 0. The molecule has 0 aromatic heterocycles. The summed E-state index contributed by atoms with van der Waals surface area (Å²) in [5, 5.41) is 2.94. The third kappa shape index (κ3) is 14.3. The van der Waals surface area contributed by atoms with E-state index in [0.717, 1.165) is 0 Å².